The quantitative estimate of drug-likeness (QED) is 0.582. The van der Waals surface area contributed by atoms with E-state index in [9.17, 15) is 0 Å². The van der Waals surface area contributed by atoms with E-state index in [0.29, 0.717) is 17.9 Å². The standard InChI is InChI=1S/C29H37N3O/c1-33-28-9-5-8-27(28)29(24-6-3-2-4-7-24)25-14-16-31(17-15-25)19-23-20-32(21-23)26-12-10-22(18-30)11-13-26/h2-4,6-7,10-13,23,25,27-29H,5,8-9,14-17,19-21H2,1H3/t27?,28-,29?/m0/s1. The molecule has 0 spiro atoms. The smallest absolute Gasteiger partial charge is 0.0991 e. The molecule has 33 heavy (non-hydrogen) atoms. The Hall–Kier alpha value is -2.35. The van der Waals surface area contributed by atoms with Gasteiger partial charge in [-0.05, 0) is 86.4 Å². The van der Waals surface area contributed by atoms with Gasteiger partial charge in [0, 0.05) is 38.3 Å². The van der Waals surface area contributed by atoms with Crippen molar-refractivity contribution in [3.05, 3.63) is 65.7 Å². The van der Waals surface area contributed by atoms with Crippen molar-refractivity contribution in [1.29, 1.82) is 5.26 Å². The van der Waals surface area contributed by atoms with Crippen molar-refractivity contribution in [2.45, 2.75) is 44.1 Å². The summed E-state index contributed by atoms with van der Waals surface area (Å²) in [5.41, 5.74) is 3.52. The normalized spacial score (nSPS) is 25.5. The van der Waals surface area contributed by atoms with Crippen LogP contribution >= 0.6 is 0 Å². The first kappa shape index (κ1) is 22.4. The Bertz CT molecular complexity index is 924. The molecule has 174 valence electrons. The van der Waals surface area contributed by atoms with E-state index in [0.717, 1.165) is 30.5 Å². The minimum Gasteiger partial charge on any atom is -0.381 e. The molecular weight excluding hydrogens is 406 g/mol. The van der Waals surface area contributed by atoms with Crippen molar-refractivity contribution < 1.29 is 4.74 Å². The highest BCUT2D eigenvalue weighted by molar-refractivity contribution is 5.51. The number of nitrogens with zero attached hydrogens (tertiary/aromatic N) is 3. The number of likely N-dealkylation sites (tertiary alicyclic amines) is 1. The van der Waals surface area contributed by atoms with E-state index < -0.39 is 0 Å². The summed E-state index contributed by atoms with van der Waals surface area (Å²) in [7, 11) is 1.91. The minimum atomic E-state index is 0.427. The van der Waals surface area contributed by atoms with E-state index in [4.69, 9.17) is 10.00 Å². The first-order valence-corrected chi connectivity index (χ1v) is 12.8. The van der Waals surface area contributed by atoms with Gasteiger partial charge in [0.05, 0.1) is 17.7 Å². The topological polar surface area (TPSA) is 39.5 Å². The minimum absolute atomic E-state index is 0.427. The Labute approximate surface area is 199 Å². The third-order valence-corrected chi connectivity index (χ3v) is 8.43. The Morgan fingerprint density at radius 2 is 1.70 bits per heavy atom. The second kappa shape index (κ2) is 10.3. The molecule has 2 aromatic rings. The number of piperidine rings is 1. The SMILES string of the molecule is CO[C@H]1CCCC1C(c1ccccc1)C1CCN(CC2CN(c3ccc(C#N)cc3)C2)CC1. The van der Waals surface area contributed by atoms with Gasteiger partial charge in [0.15, 0.2) is 0 Å². The maximum Gasteiger partial charge on any atom is 0.0991 e. The van der Waals surface area contributed by atoms with Crippen LogP contribution in [0.25, 0.3) is 0 Å². The van der Waals surface area contributed by atoms with Crippen molar-refractivity contribution in [1.82, 2.24) is 4.90 Å². The van der Waals surface area contributed by atoms with E-state index in [-0.39, 0.29) is 0 Å². The van der Waals surface area contributed by atoms with Crippen molar-refractivity contribution in [2.75, 3.05) is 44.7 Å². The van der Waals surface area contributed by atoms with Crippen LogP contribution in [0.15, 0.2) is 54.6 Å². The summed E-state index contributed by atoms with van der Waals surface area (Å²) in [5.74, 6) is 2.83. The van der Waals surface area contributed by atoms with Gasteiger partial charge >= 0.3 is 0 Å². The molecule has 3 aliphatic rings. The molecule has 2 aliphatic heterocycles. The monoisotopic (exact) mass is 443 g/mol. The maximum atomic E-state index is 8.99. The summed E-state index contributed by atoms with van der Waals surface area (Å²) in [6, 6.07) is 21.5. The molecule has 2 unspecified atom stereocenters. The number of rotatable bonds is 7. The fourth-order valence-corrected chi connectivity index (χ4v) is 6.71. The lowest BCUT2D eigenvalue weighted by atomic mass is 9.71. The van der Waals surface area contributed by atoms with Gasteiger partial charge in [0.2, 0.25) is 0 Å². The predicted octanol–water partition coefficient (Wildman–Crippen LogP) is 5.31. The third kappa shape index (κ3) is 4.95. The second-order valence-corrected chi connectivity index (χ2v) is 10.4. The van der Waals surface area contributed by atoms with E-state index in [1.807, 2.05) is 19.2 Å². The molecule has 3 atom stereocenters. The van der Waals surface area contributed by atoms with Crippen LogP contribution < -0.4 is 4.90 Å². The van der Waals surface area contributed by atoms with Gasteiger partial charge in [-0.1, -0.05) is 36.8 Å². The van der Waals surface area contributed by atoms with Gasteiger partial charge in [-0.15, -0.1) is 0 Å². The highest BCUT2D eigenvalue weighted by Gasteiger charge is 2.40. The van der Waals surface area contributed by atoms with E-state index >= 15 is 0 Å². The molecule has 2 saturated heterocycles. The Morgan fingerprint density at radius 3 is 2.36 bits per heavy atom. The third-order valence-electron chi connectivity index (χ3n) is 8.43. The van der Waals surface area contributed by atoms with Gasteiger partial charge in [-0.2, -0.15) is 5.26 Å². The first-order valence-electron chi connectivity index (χ1n) is 12.8. The van der Waals surface area contributed by atoms with Crippen LogP contribution in [0.2, 0.25) is 0 Å². The predicted molar refractivity (Wildman–Crippen MR) is 133 cm³/mol. The molecule has 0 amide bonds. The zero-order valence-corrected chi connectivity index (χ0v) is 19.9. The molecule has 0 N–H and O–H groups in total. The number of hydrogen-bond donors (Lipinski definition) is 0. The van der Waals surface area contributed by atoms with Gasteiger partial charge in [0.25, 0.3) is 0 Å². The van der Waals surface area contributed by atoms with Gasteiger partial charge in [0.1, 0.15) is 0 Å². The molecule has 5 rings (SSSR count). The van der Waals surface area contributed by atoms with Crippen LogP contribution in [0.3, 0.4) is 0 Å². The fraction of sp³-hybridized carbons (Fsp3) is 0.552. The molecular formula is C29H37N3O. The average Bonchev–Trinajstić information content (AvgIpc) is 3.31. The van der Waals surface area contributed by atoms with Crippen molar-refractivity contribution in [2.24, 2.45) is 17.8 Å². The summed E-state index contributed by atoms with van der Waals surface area (Å²) >= 11 is 0. The van der Waals surface area contributed by atoms with Crippen LogP contribution in [0.1, 0.15) is 49.1 Å². The summed E-state index contributed by atoms with van der Waals surface area (Å²) < 4.78 is 5.94. The van der Waals surface area contributed by atoms with Crippen molar-refractivity contribution >= 4 is 5.69 Å². The lowest BCUT2D eigenvalue weighted by Gasteiger charge is -2.45. The number of methoxy groups -OCH3 is 1. The molecule has 4 nitrogen and oxygen atoms in total. The van der Waals surface area contributed by atoms with E-state index in [2.05, 4.69) is 58.3 Å². The number of anilines is 1. The summed E-state index contributed by atoms with van der Waals surface area (Å²) in [4.78, 5) is 5.15. The highest BCUT2D eigenvalue weighted by atomic mass is 16.5. The zero-order valence-electron chi connectivity index (χ0n) is 19.9. The second-order valence-electron chi connectivity index (χ2n) is 10.4. The van der Waals surface area contributed by atoms with Crippen LogP contribution in [-0.4, -0.2) is 50.8 Å². The Morgan fingerprint density at radius 1 is 0.970 bits per heavy atom. The lowest BCUT2D eigenvalue weighted by molar-refractivity contribution is 0.0404. The molecule has 4 heteroatoms. The molecule has 0 radical (unpaired) electrons. The van der Waals surface area contributed by atoms with Crippen molar-refractivity contribution in [3.8, 4) is 6.07 Å². The van der Waals surface area contributed by atoms with Gasteiger partial charge < -0.3 is 14.5 Å². The summed E-state index contributed by atoms with van der Waals surface area (Å²) in [6.07, 6.45) is 6.88. The summed E-state index contributed by atoms with van der Waals surface area (Å²) in [6.45, 7) is 5.95. The van der Waals surface area contributed by atoms with Gasteiger partial charge in [-0.25, -0.2) is 0 Å². The maximum absolute atomic E-state index is 8.99. The van der Waals surface area contributed by atoms with Gasteiger partial charge in [-0.3, -0.25) is 0 Å². The molecule has 3 fully saturated rings. The zero-order chi connectivity index (χ0) is 22.6. The largest absolute Gasteiger partial charge is 0.381 e. The average molecular weight is 444 g/mol. The van der Waals surface area contributed by atoms with Crippen LogP contribution in [0.5, 0.6) is 0 Å². The number of ether oxygens (including phenoxy) is 1. The van der Waals surface area contributed by atoms with Crippen LogP contribution in [0, 0.1) is 29.1 Å². The molecule has 2 heterocycles. The highest BCUT2D eigenvalue weighted by Crippen LogP contribution is 2.46. The summed E-state index contributed by atoms with van der Waals surface area (Å²) in [5, 5.41) is 8.99. The number of benzene rings is 2. The molecule has 0 aromatic heterocycles. The number of nitriles is 1. The van der Waals surface area contributed by atoms with Crippen LogP contribution in [-0.2, 0) is 4.74 Å². The van der Waals surface area contributed by atoms with Crippen LogP contribution in [0.4, 0.5) is 5.69 Å². The lowest BCUT2D eigenvalue weighted by Crippen LogP contribution is -2.52. The Kier molecular flexibility index (Phi) is 6.99. The van der Waals surface area contributed by atoms with Crippen molar-refractivity contribution in [3.63, 3.8) is 0 Å². The fourth-order valence-electron chi connectivity index (χ4n) is 6.71. The molecule has 1 aliphatic carbocycles. The van der Waals surface area contributed by atoms with E-state index in [1.54, 1.807) is 0 Å². The Balaban J connectivity index is 1.15. The molecule has 1 saturated carbocycles. The first-order chi connectivity index (χ1) is 16.2. The molecule has 0 bridgehead atoms. The molecule has 2 aromatic carbocycles. The number of hydrogen-bond acceptors (Lipinski definition) is 4. The van der Waals surface area contributed by atoms with E-state index in [1.165, 1.54) is 63.0 Å².